The van der Waals surface area contributed by atoms with Gasteiger partial charge < -0.3 is 4.74 Å². The molecular weight excluding hydrogens is 228 g/mol. The van der Waals surface area contributed by atoms with Crippen LogP contribution in [-0.2, 0) is 14.9 Å². The largest absolute Gasteiger partial charge is 0.468 e. The zero-order valence-electron chi connectivity index (χ0n) is 8.83. The Bertz CT molecular complexity index is 450. The summed E-state index contributed by atoms with van der Waals surface area (Å²) in [6.07, 6.45) is 2.18. The fourth-order valence-electron chi connectivity index (χ4n) is 1.97. The number of ether oxygens (including phenoxy) is 1. The number of esters is 1. The Hall–Kier alpha value is -1.35. The number of aldehydes is 1. The van der Waals surface area contributed by atoms with Crippen molar-refractivity contribution in [1.29, 1.82) is 0 Å². The molecule has 1 aromatic carbocycles. The zero-order valence-corrected chi connectivity index (χ0v) is 9.58. The second-order valence-electron chi connectivity index (χ2n) is 3.92. The maximum Gasteiger partial charge on any atom is 0.316 e. The van der Waals surface area contributed by atoms with Crippen LogP contribution in [0.5, 0.6) is 0 Å². The van der Waals surface area contributed by atoms with Gasteiger partial charge >= 0.3 is 5.97 Å². The molecule has 0 radical (unpaired) electrons. The highest BCUT2D eigenvalue weighted by atomic mass is 35.5. The van der Waals surface area contributed by atoms with Crippen molar-refractivity contribution in [1.82, 2.24) is 0 Å². The lowest BCUT2D eigenvalue weighted by molar-refractivity contribution is -0.143. The van der Waals surface area contributed by atoms with Crippen molar-refractivity contribution < 1.29 is 14.3 Å². The number of hydrogen-bond acceptors (Lipinski definition) is 3. The topological polar surface area (TPSA) is 43.4 Å². The van der Waals surface area contributed by atoms with Gasteiger partial charge in [-0.25, -0.2) is 0 Å². The molecule has 0 aromatic heterocycles. The summed E-state index contributed by atoms with van der Waals surface area (Å²) in [5.41, 5.74) is 0.574. The molecule has 3 nitrogen and oxygen atoms in total. The molecule has 1 aliphatic carbocycles. The minimum Gasteiger partial charge on any atom is -0.468 e. The monoisotopic (exact) mass is 238 g/mol. The molecule has 2 rings (SSSR count). The molecule has 84 valence electrons. The molecule has 16 heavy (non-hydrogen) atoms. The molecule has 0 N–H and O–H groups in total. The lowest BCUT2D eigenvalue weighted by atomic mass is 9.92. The molecule has 1 aromatic rings. The summed E-state index contributed by atoms with van der Waals surface area (Å²) in [6.45, 7) is 0. The fraction of sp³-hybridized carbons (Fsp3) is 0.333. The first-order valence-electron chi connectivity index (χ1n) is 4.97. The van der Waals surface area contributed by atoms with Gasteiger partial charge in [-0.3, -0.25) is 9.59 Å². The average molecular weight is 239 g/mol. The molecule has 0 saturated heterocycles. The van der Waals surface area contributed by atoms with E-state index in [1.165, 1.54) is 7.11 Å². The minimum absolute atomic E-state index is 0.280. The minimum atomic E-state index is -0.615. The summed E-state index contributed by atoms with van der Waals surface area (Å²) >= 11 is 5.80. The molecule has 1 aliphatic rings. The fourth-order valence-corrected chi connectivity index (χ4v) is 2.15. The van der Waals surface area contributed by atoms with Crippen LogP contribution in [0.3, 0.4) is 0 Å². The summed E-state index contributed by atoms with van der Waals surface area (Å²) in [5, 5.41) is 0.492. The molecular formula is C12H11ClO3. The number of benzene rings is 1. The van der Waals surface area contributed by atoms with Crippen molar-refractivity contribution >= 4 is 23.9 Å². The van der Waals surface area contributed by atoms with Gasteiger partial charge in [-0.2, -0.15) is 0 Å². The van der Waals surface area contributed by atoms with E-state index in [2.05, 4.69) is 0 Å². The van der Waals surface area contributed by atoms with Gasteiger partial charge in [0.25, 0.3) is 0 Å². The molecule has 0 amide bonds. The van der Waals surface area contributed by atoms with E-state index < -0.39 is 5.41 Å². The van der Waals surface area contributed by atoms with Crippen LogP contribution < -0.4 is 0 Å². The van der Waals surface area contributed by atoms with E-state index in [9.17, 15) is 9.59 Å². The van der Waals surface area contributed by atoms with E-state index in [-0.39, 0.29) is 5.97 Å². The third kappa shape index (κ3) is 1.61. The van der Waals surface area contributed by atoms with Crippen LogP contribution in [0.2, 0.25) is 5.02 Å². The first-order chi connectivity index (χ1) is 7.64. The van der Waals surface area contributed by atoms with E-state index in [1.807, 2.05) is 0 Å². The van der Waals surface area contributed by atoms with E-state index in [4.69, 9.17) is 16.3 Å². The maximum absolute atomic E-state index is 11.7. The van der Waals surface area contributed by atoms with E-state index >= 15 is 0 Å². The highest BCUT2D eigenvalue weighted by Crippen LogP contribution is 2.50. The molecule has 0 unspecified atom stereocenters. The van der Waals surface area contributed by atoms with Gasteiger partial charge in [-0.05, 0) is 30.5 Å². The molecule has 0 bridgehead atoms. The number of methoxy groups -OCH3 is 1. The van der Waals surface area contributed by atoms with Gasteiger partial charge in [-0.15, -0.1) is 0 Å². The Morgan fingerprint density at radius 3 is 2.69 bits per heavy atom. The van der Waals surface area contributed by atoms with Gasteiger partial charge in [0.2, 0.25) is 0 Å². The standard InChI is InChI=1S/C12H11ClO3/c1-16-11(15)12(4-5-12)10-3-2-9(13)6-8(10)7-14/h2-3,6-7H,4-5H2,1H3. The summed E-state index contributed by atoms with van der Waals surface area (Å²) in [4.78, 5) is 22.6. The molecule has 1 saturated carbocycles. The van der Waals surface area contributed by atoms with Crippen LogP contribution in [-0.4, -0.2) is 19.4 Å². The summed E-state index contributed by atoms with van der Waals surface area (Å²) in [6, 6.07) is 5.00. The molecule has 1 fully saturated rings. The van der Waals surface area contributed by atoms with Crippen molar-refractivity contribution in [2.75, 3.05) is 7.11 Å². The van der Waals surface area contributed by atoms with Crippen molar-refractivity contribution in [3.8, 4) is 0 Å². The first-order valence-corrected chi connectivity index (χ1v) is 5.35. The second-order valence-corrected chi connectivity index (χ2v) is 4.36. The molecule has 0 atom stereocenters. The van der Waals surface area contributed by atoms with Crippen molar-refractivity contribution in [3.63, 3.8) is 0 Å². The van der Waals surface area contributed by atoms with Crippen molar-refractivity contribution in [2.45, 2.75) is 18.3 Å². The Balaban J connectivity index is 2.48. The van der Waals surface area contributed by atoms with Crippen LogP contribution in [0.1, 0.15) is 28.8 Å². The normalized spacial score (nSPS) is 16.6. The van der Waals surface area contributed by atoms with Crippen molar-refractivity contribution in [2.24, 2.45) is 0 Å². The summed E-state index contributed by atoms with van der Waals surface area (Å²) in [5.74, 6) is -0.280. The lowest BCUT2D eigenvalue weighted by Crippen LogP contribution is -2.23. The SMILES string of the molecule is COC(=O)C1(c2ccc(Cl)cc2C=O)CC1. The Morgan fingerprint density at radius 2 is 2.19 bits per heavy atom. The Labute approximate surface area is 98.4 Å². The maximum atomic E-state index is 11.7. The van der Waals surface area contributed by atoms with Gasteiger partial charge in [0, 0.05) is 10.6 Å². The number of rotatable bonds is 3. The van der Waals surface area contributed by atoms with E-state index in [0.717, 1.165) is 24.7 Å². The number of carbonyl (C=O) groups is 2. The number of halogens is 1. The predicted octanol–water partition coefficient (Wildman–Crippen LogP) is 2.36. The highest BCUT2D eigenvalue weighted by Gasteiger charge is 2.53. The van der Waals surface area contributed by atoms with E-state index in [1.54, 1.807) is 18.2 Å². The van der Waals surface area contributed by atoms with Crippen LogP contribution in [0.4, 0.5) is 0 Å². The first kappa shape index (κ1) is 11.1. The predicted molar refractivity (Wildman–Crippen MR) is 59.8 cm³/mol. The molecule has 0 heterocycles. The summed E-state index contributed by atoms with van der Waals surface area (Å²) < 4.78 is 4.77. The Kier molecular flexibility index (Phi) is 2.72. The lowest BCUT2D eigenvalue weighted by Gasteiger charge is -2.15. The third-order valence-corrected chi connectivity index (χ3v) is 3.22. The molecule has 0 aliphatic heterocycles. The molecule has 0 spiro atoms. The average Bonchev–Trinajstić information content (AvgIpc) is 3.09. The van der Waals surface area contributed by atoms with Gasteiger partial charge in [0.05, 0.1) is 12.5 Å². The van der Waals surface area contributed by atoms with Crippen LogP contribution in [0.15, 0.2) is 18.2 Å². The van der Waals surface area contributed by atoms with Crippen LogP contribution in [0, 0.1) is 0 Å². The van der Waals surface area contributed by atoms with Gasteiger partial charge in [-0.1, -0.05) is 17.7 Å². The van der Waals surface area contributed by atoms with E-state index in [0.29, 0.717) is 10.6 Å². The quantitative estimate of drug-likeness (QED) is 0.600. The third-order valence-electron chi connectivity index (χ3n) is 2.98. The molecule has 4 heteroatoms. The van der Waals surface area contributed by atoms with Crippen LogP contribution in [0.25, 0.3) is 0 Å². The smallest absolute Gasteiger partial charge is 0.316 e. The van der Waals surface area contributed by atoms with Gasteiger partial charge in [0.15, 0.2) is 0 Å². The number of carbonyl (C=O) groups excluding carboxylic acids is 2. The summed E-state index contributed by atoms with van der Waals surface area (Å²) in [7, 11) is 1.36. The highest BCUT2D eigenvalue weighted by molar-refractivity contribution is 6.30. The van der Waals surface area contributed by atoms with Crippen molar-refractivity contribution in [3.05, 3.63) is 34.3 Å². The second kappa shape index (κ2) is 3.91. The number of hydrogen-bond donors (Lipinski definition) is 0. The zero-order chi connectivity index (χ0) is 11.8. The van der Waals surface area contributed by atoms with Gasteiger partial charge in [0.1, 0.15) is 6.29 Å². The van der Waals surface area contributed by atoms with Crippen LogP contribution >= 0.6 is 11.6 Å². The Morgan fingerprint density at radius 1 is 1.50 bits per heavy atom.